The lowest BCUT2D eigenvalue weighted by Crippen LogP contribution is -2.38. The average molecular weight is 288 g/mol. The van der Waals surface area contributed by atoms with E-state index in [1.54, 1.807) is 0 Å². The highest BCUT2D eigenvalue weighted by Gasteiger charge is 2.31. The zero-order valence-corrected chi connectivity index (χ0v) is 13.2. The number of rotatable bonds is 5. The molecule has 2 nitrogen and oxygen atoms in total. The van der Waals surface area contributed by atoms with E-state index in [-0.39, 0.29) is 0 Å². The highest BCUT2D eigenvalue weighted by Crippen LogP contribution is 2.38. The molecule has 1 aromatic rings. The Labute approximate surface area is 128 Å². The maximum atomic E-state index is 8.96. The SMILES string of the molecule is CN(Cc1cccc(C#N)c1)CC1(CS)CCCCC1. The summed E-state index contributed by atoms with van der Waals surface area (Å²) >= 11 is 4.61. The first kappa shape index (κ1) is 15.4. The third-order valence-electron chi connectivity index (χ3n) is 4.36. The molecule has 20 heavy (non-hydrogen) atoms. The van der Waals surface area contributed by atoms with Crippen LogP contribution in [-0.4, -0.2) is 24.2 Å². The van der Waals surface area contributed by atoms with Crippen LogP contribution >= 0.6 is 12.6 Å². The summed E-state index contributed by atoms with van der Waals surface area (Å²) in [6.45, 7) is 2.01. The second-order valence-corrected chi connectivity index (χ2v) is 6.52. The summed E-state index contributed by atoms with van der Waals surface area (Å²) in [4.78, 5) is 2.39. The minimum atomic E-state index is 0.392. The van der Waals surface area contributed by atoms with E-state index in [1.165, 1.54) is 37.7 Å². The van der Waals surface area contributed by atoms with Crippen LogP contribution in [0.5, 0.6) is 0 Å². The lowest BCUT2D eigenvalue weighted by molar-refractivity contribution is 0.140. The van der Waals surface area contributed by atoms with Gasteiger partial charge in [-0.25, -0.2) is 0 Å². The molecule has 0 aromatic heterocycles. The minimum absolute atomic E-state index is 0.392. The first-order chi connectivity index (χ1) is 9.67. The van der Waals surface area contributed by atoms with Gasteiger partial charge in [0.25, 0.3) is 0 Å². The summed E-state index contributed by atoms with van der Waals surface area (Å²) in [5, 5.41) is 8.96. The molecule has 0 atom stereocenters. The fraction of sp³-hybridized carbons (Fsp3) is 0.588. The number of hydrogen-bond donors (Lipinski definition) is 1. The third-order valence-corrected chi connectivity index (χ3v) is 5.03. The molecule has 1 fully saturated rings. The van der Waals surface area contributed by atoms with Crippen LogP contribution in [0.3, 0.4) is 0 Å². The number of nitrogens with zero attached hydrogens (tertiary/aromatic N) is 2. The third kappa shape index (κ3) is 4.01. The molecule has 0 saturated heterocycles. The summed E-state index contributed by atoms with van der Waals surface area (Å²) in [6, 6.07) is 10.1. The van der Waals surface area contributed by atoms with Crippen molar-refractivity contribution in [2.45, 2.75) is 38.6 Å². The average Bonchev–Trinajstić information content (AvgIpc) is 2.48. The lowest BCUT2D eigenvalue weighted by atomic mass is 9.75. The minimum Gasteiger partial charge on any atom is -0.302 e. The van der Waals surface area contributed by atoms with Crippen molar-refractivity contribution in [3.05, 3.63) is 35.4 Å². The number of nitriles is 1. The van der Waals surface area contributed by atoms with Crippen LogP contribution in [0, 0.1) is 16.7 Å². The number of hydrogen-bond acceptors (Lipinski definition) is 3. The van der Waals surface area contributed by atoms with Gasteiger partial charge >= 0.3 is 0 Å². The van der Waals surface area contributed by atoms with Gasteiger partial charge in [0.05, 0.1) is 11.6 Å². The summed E-state index contributed by atoms with van der Waals surface area (Å²) < 4.78 is 0. The molecule has 0 N–H and O–H groups in total. The standard InChI is InChI=1S/C17H24N2S/c1-19(12-16-7-5-6-15(10-16)11-18)13-17(14-20)8-3-2-4-9-17/h5-7,10,20H,2-4,8-9,12-14H2,1H3. The Kier molecular flexibility index (Phi) is 5.51. The Morgan fingerprint density at radius 3 is 2.70 bits per heavy atom. The molecule has 1 aliphatic carbocycles. The van der Waals surface area contributed by atoms with Crippen LogP contribution in [0.25, 0.3) is 0 Å². The van der Waals surface area contributed by atoms with Gasteiger partial charge in [0, 0.05) is 13.1 Å². The molecule has 1 saturated carbocycles. The van der Waals surface area contributed by atoms with Crippen molar-refractivity contribution in [1.29, 1.82) is 5.26 Å². The van der Waals surface area contributed by atoms with E-state index >= 15 is 0 Å². The van der Waals surface area contributed by atoms with Crippen molar-refractivity contribution < 1.29 is 0 Å². The molecular formula is C17H24N2S. The largest absolute Gasteiger partial charge is 0.302 e. The highest BCUT2D eigenvalue weighted by atomic mass is 32.1. The molecule has 0 heterocycles. The van der Waals surface area contributed by atoms with Crippen LogP contribution < -0.4 is 0 Å². The summed E-state index contributed by atoms with van der Waals surface area (Å²) in [6.07, 6.45) is 6.68. The summed E-state index contributed by atoms with van der Waals surface area (Å²) in [5.74, 6) is 0.982. The second-order valence-electron chi connectivity index (χ2n) is 6.20. The van der Waals surface area contributed by atoms with Gasteiger partial charge in [-0.15, -0.1) is 0 Å². The second kappa shape index (κ2) is 7.15. The molecule has 0 bridgehead atoms. The van der Waals surface area contributed by atoms with Crippen LogP contribution in [0.4, 0.5) is 0 Å². The topological polar surface area (TPSA) is 27.0 Å². The maximum Gasteiger partial charge on any atom is 0.0991 e. The molecule has 0 amide bonds. The molecule has 0 radical (unpaired) electrons. The molecule has 0 spiro atoms. The van der Waals surface area contributed by atoms with E-state index in [0.29, 0.717) is 5.41 Å². The Balaban J connectivity index is 1.97. The van der Waals surface area contributed by atoms with Crippen molar-refractivity contribution in [3.8, 4) is 6.07 Å². The first-order valence-electron chi connectivity index (χ1n) is 7.46. The van der Waals surface area contributed by atoms with Crippen LogP contribution in [0.1, 0.15) is 43.2 Å². The zero-order valence-electron chi connectivity index (χ0n) is 12.3. The van der Waals surface area contributed by atoms with Crippen LogP contribution in [-0.2, 0) is 6.54 Å². The van der Waals surface area contributed by atoms with Gasteiger partial charge in [-0.2, -0.15) is 17.9 Å². The van der Waals surface area contributed by atoms with E-state index in [4.69, 9.17) is 5.26 Å². The molecule has 0 aliphatic heterocycles. The quantitative estimate of drug-likeness (QED) is 0.833. The fourth-order valence-electron chi connectivity index (χ4n) is 3.35. The fourth-order valence-corrected chi connectivity index (χ4v) is 3.76. The summed E-state index contributed by atoms with van der Waals surface area (Å²) in [5.41, 5.74) is 2.36. The highest BCUT2D eigenvalue weighted by molar-refractivity contribution is 7.80. The molecule has 108 valence electrons. The van der Waals surface area contributed by atoms with Crippen molar-refractivity contribution in [1.82, 2.24) is 4.90 Å². The van der Waals surface area contributed by atoms with Crippen LogP contribution in [0.2, 0.25) is 0 Å². The smallest absolute Gasteiger partial charge is 0.0991 e. The molecule has 2 rings (SSSR count). The Morgan fingerprint density at radius 1 is 1.30 bits per heavy atom. The summed E-state index contributed by atoms with van der Waals surface area (Å²) in [7, 11) is 2.18. The van der Waals surface area contributed by atoms with Crippen molar-refractivity contribution in [3.63, 3.8) is 0 Å². The Morgan fingerprint density at radius 2 is 2.05 bits per heavy atom. The normalized spacial score (nSPS) is 17.9. The van der Waals surface area contributed by atoms with Gasteiger partial charge in [0.1, 0.15) is 0 Å². The van der Waals surface area contributed by atoms with Crippen molar-refractivity contribution in [2.75, 3.05) is 19.3 Å². The van der Waals surface area contributed by atoms with E-state index in [0.717, 1.165) is 24.4 Å². The van der Waals surface area contributed by atoms with Crippen molar-refractivity contribution in [2.24, 2.45) is 5.41 Å². The Hall–Kier alpha value is -0.980. The van der Waals surface area contributed by atoms with Gasteiger partial charge in [-0.05, 0) is 48.8 Å². The number of benzene rings is 1. The van der Waals surface area contributed by atoms with E-state index in [1.807, 2.05) is 18.2 Å². The Bertz CT molecular complexity index is 472. The lowest BCUT2D eigenvalue weighted by Gasteiger charge is -2.39. The van der Waals surface area contributed by atoms with E-state index in [9.17, 15) is 0 Å². The molecular weight excluding hydrogens is 264 g/mol. The predicted octanol–water partition coefficient (Wildman–Crippen LogP) is 3.87. The predicted molar refractivity (Wildman–Crippen MR) is 86.9 cm³/mol. The van der Waals surface area contributed by atoms with E-state index < -0.39 is 0 Å². The molecule has 1 aromatic carbocycles. The van der Waals surface area contributed by atoms with Crippen molar-refractivity contribution >= 4 is 12.6 Å². The first-order valence-corrected chi connectivity index (χ1v) is 8.09. The van der Waals surface area contributed by atoms with Gasteiger partial charge in [0.2, 0.25) is 0 Å². The van der Waals surface area contributed by atoms with Gasteiger partial charge in [-0.3, -0.25) is 0 Å². The zero-order chi connectivity index (χ0) is 14.4. The van der Waals surface area contributed by atoms with Gasteiger partial charge < -0.3 is 4.90 Å². The van der Waals surface area contributed by atoms with Gasteiger partial charge in [-0.1, -0.05) is 31.4 Å². The number of thiol groups is 1. The monoisotopic (exact) mass is 288 g/mol. The van der Waals surface area contributed by atoms with E-state index in [2.05, 4.69) is 36.7 Å². The molecule has 0 unspecified atom stereocenters. The van der Waals surface area contributed by atoms with Gasteiger partial charge in [0.15, 0.2) is 0 Å². The molecule has 1 aliphatic rings. The maximum absolute atomic E-state index is 8.96. The molecule has 3 heteroatoms. The van der Waals surface area contributed by atoms with Crippen LogP contribution in [0.15, 0.2) is 24.3 Å².